The molecule has 1 unspecified atom stereocenters. The van der Waals surface area contributed by atoms with Gasteiger partial charge in [0.25, 0.3) is 5.91 Å². The molecule has 0 aliphatic carbocycles. The van der Waals surface area contributed by atoms with Crippen LogP contribution in [0.5, 0.6) is 0 Å². The molecule has 1 amide bonds. The average molecular weight is 461 g/mol. The number of carbonyl (C=O) groups is 1. The third-order valence-corrected chi connectivity index (χ3v) is 5.78. The summed E-state index contributed by atoms with van der Waals surface area (Å²) in [5, 5.41) is 6.79. The molecule has 0 radical (unpaired) electrons. The van der Waals surface area contributed by atoms with E-state index in [1.807, 2.05) is 4.90 Å². The molecule has 3 aromatic rings. The zero-order valence-corrected chi connectivity index (χ0v) is 17.9. The summed E-state index contributed by atoms with van der Waals surface area (Å²) in [5.41, 5.74) is 4.02. The number of anilines is 2. The van der Waals surface area contributed by atoms with Crippen molar-refractivity contribution in [2.24, 2.45) is 12.8 Å². The van der Waals surface area contributed by atoms with Crippen molar-refractivity contribution < 1.29 is 22.4 Å². The van der Waals surface area contributed by atoms with Gasteiger partial charge in [0.2, 0.25) is 0 Å². The molecule has 1 aromatic heterocycles. The van der Waals surface area contributed by atoms with Crippen LogP contribution in [0.3, 0.4) is 0 Å². The van der Waals surface area contributed by atoms with E-state index in [4.69, 9.17) is 5.73 Å². The molecule has 1 aliphatic heterocycles. The van der Waals surface area contributed by atoms with Gasteiger partial charge in [-0.25, -0.2) is 17.6 Å². The fourth-order valence-electron chi connectivity index (χ4n) is 4.11. The standard InChI is InChI=1S/C23H23F4N5O/c1-31-23(32-10-3-4-13(28)9-11-32)18(12-29-31)30-22(33)14-7-8-17(26)20(21(14)27)19-15(24)5-2-6-16(19)25/h2,5-8,12-13H,3-4,9-11,28H2,1H3,(H,30,33). The first-order chi connectivity index (χ1) is 15.8. The maximum absolute atomic E-state index is 15.2. The van der Waals surface area contributed by atoms with Crippen molar-refractivity contribution in [1.29, 1.82) is 0 Å². The number of nitrogens with zero attached hydrogens (tertiary/aromatic N) is 3. The SMILES string of the molecule is Cn1ncc(NC(=O)c2ccc(F)c(-c3c(F)cccc3F)c2F)c1N1CCCC(N)CC1. The highest BCUT2D eigenvalue weighted by atomic mass is 19.1. The van der Waals surface area contributed by atoms with E-state index >= 15 is 4.39 Å². The highest BCUT2D eigenvalue weighted by molar-refractivity contribution is 6.06. The second kappa shape index (κ2) is 9.22. The lowest BCUT2D eigenvalue weighted by atomic mass is 9.99. The van der Waals surface area contributed by atoms with Crippen LogP contribution in [-0.4, -0.2) is 34.8 Å². The van der Waals surface area contributed by atoms with Crippen molar-refractivity contribution in [3.05, 3.63) is 65.4 Å². The number of aryl methyl sites for hydroxylation is 1. The smallest absolute Gasteiger partial charge is 0.258 e. The highest BCUT2D eigenvalue weighted by Crippen LogP contribution is 2.33. The van der Waals surface area contributed by atoms with Crippen molar-refractivity contribution in [2.75, 3.05) is 23.3 Å². The molecule has 1 aliphatic rings. The van der Waals surface area contributed by atoms with Gasteiger partial charge in [0.05, 0.1) is 22.9 Å². The number of hydrogen-bond acceptors (Lipinski definition) is 4. The van der Waals surface area contributed by atoms with Gasteiger partial charge < -0.3 is 16.0 Å². The molecule has 1 atom stereocenters. The van der Waals surface area contributed by atoms with Crippen molar-refractivity contribution in [3.63, 3.8) is 0 Å². The second-order valence-corrected chi connectivity index (χ2v) is 8.02. The highest BCUT2D eigenvalue weighted by Gasteiger charge is 2.26. The Morgan fingerprint density at radius 3 is 2.45 bits per heavy atom. The van der Waals surface area contributed by atoms with Crippen LogP contribution in [0, 0.1) is 23.3 Å². The summed E-state index contributed by atoms with van der Waals surface area (Å²) in [6, 6.07) is 4.69. The number of hydrogen-bond donors (Lipinski definition) is 2. The van der Waals surface area contributed by atoms with Crippen LogP contribution in [0.1, 0.15) is 29.6 Å². The normalized spacial score (nSPS) is 16.5. The molecule has 2 aromatic carbocycles. The Hall–Kier alpha value is -3.40. The third kappa shape index (κ3) is 4.43. The Morgan fingerprint density at radius 2 is 1.73 bits per heavy atom. The first-order valence-electron chi connectivity index (χ1n) is 10.5. The quantitative estimate of drug-likeness (QED) is 0.571. The monoisotopic (exact) mass is 461 g/mol. The van der Waals surface area contributed by atoms with E-state index in [0.29, 0.717) is 24.6 Å². The Bertz CT molecular complexity index is 1180. The van der Waals surface area contributed by atoms with Gasteiger partial charge in [0.1, 0.15) is 29.0 Å². The topological polar surface area (TPSA) is 76.2 Å². The molecule has 33 heavy (non-hydrogen) atoms. The Morgan fingerprint density at radius 1 is 1.03 bits per heavy atom. The van der Waals surface area contributed by atoms with Crippen LogP contribution in [0.2, 0.25) is 0 Å². The molecule has 0 saturated carbocycles. The zero-order valence-electron chi connectivity index (χ0n) is 17.9. The zero-order chi connectivity index (χ0) is 23.7. The molecule has 3 N–H and O–H groups in total. The van der Waals surface area contributed by atoms with Gasteiger partial charge in [-0.15, -0.1) is 0 Å². The summed E-state index contributed by atoms with van der Waals surface area (Å²) in [6.45, 7) is 1.36. The number of amides is 1. The molecule has 2 heterocycles. The number of aromatic nitrogens is 2. The largest absolute Gasteiger partial charge is 0.355 e. The van der Waals surface area contributed by atoms with E-state index in [-0.39, 0.29) is 6.04 Å². The van der Waals surface area contributed by atoms with Gasteiger partial charge >= 0.3 is 0 Å². The summed E-state index contributed by atoms with van der Waals surface area (Å²) >= 11 is 0. The fourth-order valence-corrected chi connectivity index (χ4v) is 4.11. The molecule has 1 fully saturated rings. The number of halogens is 4. The number of nitrogens with one attached hydrogen (secondary N) is 1. The molecule has 6 nitrogen and oxygen atoms in total. The van der Waals surface area contributed by atoms with Gasteiger partial charge in [0, 0.05) is 26.2 Å². The lowest BCUT2D eigenvalue weighted by Gasteiger charge is -2.24. The first-order valence-corrected chi connectivity index (χ1v) is 10.5. The van der Waals surface area contributed by atoms with Crippen LogP contribution in [0.4, 0.5) is 29.1 Å². The maximum Gasteiger partial charge on any atom is 0.258 e. The van der Waals surface area contributed by atoms with Crippen molar-refractivity contribution >= 4 is 17.4 Å². The Balaban J connectivity index is 1.67. The van der Waals surface area contributed by atoms with E-state index in [1.54, 1.807) is 11.7 Å². The van der Waals surface area contributed by atoms with E-state index in [0.717, 1.165) is 49.6 Å². The third-order valence-electron chi connectivity index (χ3n) is 5.78. The number of rotatable bonds is 4. The minimum Gasteiger partial charge on any atom is -0.355 e. The molecule has 1 saturated heterocycles. The molecular formula is C23H23F4N5O. The predicted octanol–water partition coefficient (Wildman–Crippen LogP) is 4.21. The summed E-state index contributed by atoms with van der Waals surface area (Å²) in [5.74, 6) is -5.09. The molecule has 10 heteroatoms. The number of benzene rings is 2. The molecule has 0 spiro atoms. The van der Waals surface area contributed by atoms with E-state index in [9.17, 15) is 18.0 Å². The van der Waals surface area contributed by atoms with Crippen molar-refractivity contribution in [2.45, 2.75) is 25.3 Å². The second-order valence-electron chi connectivity index (χ2n) is 8.02. The molecule has 174 valence electrons. The minimum atomic E-state index is -1.36. The first kappa shape index (κ1) is 22.8. The number of nitrogens with two attached hydrogens (primary N) is 1. The van der Waals surface area contributed by atoms with Gasteiger partial charge in [-0.05, 0) is 43.5 Å². The van der Waals surface area contributed by atoms with E-state index in [1.165, 1.54) is 6.20 Å². The Kier molecular flexibility index (Phi) is 6.37. The molecule has 4 rings (SSSR count). The summed E-state index contributed by atoms with van der Waals surface area (Å²) in [6.07, 6.45) is 3.94. The fraction of sp³-hybridized carbons (Fsp3) is 0.304. The maximum atomic E-state index is 15.2. The van der Waals surface area contributed by atoms with Gasteiger partial charge in [0.15, 0.2) is 5.82 Å². The van der Waals surface area contributed by atoms with Gasteiger partial charge in [-0.1, -0.05) is 6.07 Å². The molecule has 0 bridgehead atoms. The Labute approximate surface area is 188 Å². The van der Waals surface area contributed by atoms with Crippen LogP contribution in [-0.2, 0) is 7.05 Å². The van der Waals surface area contributed by atoms with Crippen LogP contribution >= 0.6 is 0 Å². The lowest BCUT2D eigenvalue weighted by Crippen LogP contribution is -2.29. The van der Waals surface area contributed by atoms with Crippen LogP contribution < -0.4 is 16.0 Å². The van der Waals surface area contributed by atoms with Crippen LogP contribution in [0.25, 0.3) is 11.1 Å². The minimum absolute atomic E-state index is 0.0896. The van der Waals surface area contributed by atoms with Gasteiger partial charge in [-0.3, -0.25) is 9.48 Å². The summed E-state index contributed by atoms with van der Waals surface area (Å²) < 4.78 is 59.6. The van der Waals surface area contributed by atoms with E-state index in [2.05, 4.69) is 10.4 Å². The molecular weight excluding hydrogens is 438 g/mol. The average Bonchev–Trinajstić information content (AvgIpc) is 2.98. The van der Waals surface area contributed by atoms with Gasteiger partial charge in [-0.2, -0.15) is 5.10 Å². The number of carbonyl (C=O) groups excluding carboxylic acids is 1. The van der Waals surface area contributed by atoms with E-state index < -0.39 is 45.9 Å². The summed E-state index contributed by atoms with van der Waals surface area (Å²) in [4.78, 5) is 15.0. The lowest BCUT2D eigenvalue weighted by molar-refractivity contribution is 0.102. The summed E-state index contributed by atoms with van der Waals surface area (Å²) in [7, 11) is 1.72. The predicted molar refractivity (Wildman–Crippen MR) is 117 cm³/mol. The van der Waals surface area contributed by atoms with Crippen molar-refractivity contribution in [3.8, 4) is 11.1 Å². The van der Waals surface area contributed by atoms with Crippen LogP contribution in [0.15, 0.2) is 36.5 Å². The van der Waals surface area contributed by atoms with Crippen molar-refractivity contribution in [1.82, 2.24) is 9.78 Å².